The van der Waals surface area contributed by atoms with Crippen molar-refractivity contribution in [2.75, 3.05) is 44.9 Å². The van der Waals surface area contributed by atoms with Gasteiger partial charge in [0, 0.05) is 5.39 Å². The summed E-state index contributed by atoms with van der Waals surface area (Å²) in [6.07, 6.45) is 0. The predicted molar refractivity (Wildman–Crippen MR) is 114 cm³/mol. The predicted octanol–water partition coefficient (Wildman–Crippen LogP) is 0.889. The third-order valence-electron chi connectivity index (χ3n) is 6.38. The number of hydrogen-bond donors (Lipinski definition) is 2. The average molecular weight is 407 g/mol. The van der Waals surface area contributed by atoms with E-state index in [1.54, 1.807) is 19.2 Å². The minimum absolute atomic E-state index is 0.105. The van der Waals surface area contributed by atoms with E-state index in [1.807, 2.05) is 29.2 Å². The normalized spacial score (nSPS) is 20.7. The number of anilines is 1. The largest absolute Gasteiger partial charge is 0.496 e. The fourth-order valence-electron chi connectivity index (χ4n) is 4.81. The van der Waals surface area contributed by atoms with E-state index in [4.69, 9.17) is 4.74 Å². The van der Waals surface area contributed by atoms with Crippen molar-refractivity contribution in [1.29, 1.82) is 0 Å². The number of quaternary nitrogens is 2. The molecule has 2 aliphatic heterocycles. The van der Waals surface area contributed by atoms with Crippen molar-refractivity contribution in [3.8, 4) is 5.75 Å². The molecule has 1 saturated heterocycles. The van der Waals surface area contributed by atoms with Gasteiger partial charge in [-0.2, -0.15) is 0 Å². The smallest absolute Gasteiger partial charge is 0.263 e. The summed E-state index contributed by atoms with van der Waals surface area (Å²) in [6.45, 7) is 5.35. The van der Waals surface area contributed by atoms with Gasteiger partial charge in [-0.05, 0) is 35.7 Å². The number of nitrogens with zero attached hydrogens (tertiary/aromatic N) is 1. The summed E-state index contributed by atoms with van der Waals surface area (Å²) in [5.41, 5.74) is 2.75. The number of benzene rings is 3. The molecule has 0 spiro atoms. The van der Waals surface area contributed by atoms with Crippen LogP contribution in [0.15, 0.2) is 54.6 Å². The van der Waals surface area contributed by atoms with Gasteiger partial charge in [-0.25, -0.2) is 4.39 Å². The van der Waals surface area contributed by atoms with Crippen molar-refractivity contribution in [2.45, 2.75) is 6.54 Å². The molecule has 6 heteroatoms. The third-order valence-corrected chi connectivity index (χ3v) is 6.38. The molecular formula is C24H26FN3O2+2. The maximum absolute atomic E-state index is 13.7. The van der Waals surface area contributed by atoms with Gasteiger partial charge in [0.15, 0.2) is 6.67 Å². The summed E-state index contributed by atoms with van der Waals surface area (Å²) < 4.78 is 19.1. The summed E-state index contributed by atoms with van der Waals surface area (Å²) in [7, 11) is 1.62. The Labute approximate surface area is 175 Å². The number of rotatable bonds is 5. The lowest BCUT2D eigenvalue weighted by Gasteiger charge is -2.32. The van der Waals surface area contributed by atoms with Crippen LogP contribution in [0.25, 0.3) is 10.8 Å². The van der Waals surface area contributed by atoms with Crippen molar-refractivity contribution in [2.24, 2.45) is 0 Å². The quantitative estimate of drug-likeness (QED) is 0.659. The molecule has 30 heavy (non-hydrogen) atoms. The van der Waals surface area contributed by atoms with Crippen LogP contribution in [-0.4, -0.2) is 45.9 Å². The monoisotopic (exact) mass is 407 g/mol. The number of methoxy groups -OCH3 is 1. The molecule has 3 aromatic carbocycles. The average Bonchev–Trinajstić information content (AvgIpc) is 3.03. The van der Waals surface area contributed by atoms with Crippen LogP contribution in [0.5, 0.6) is 5.75 Å². The molecule has 1 amide bonds. The highest BCUT2D eigenvalue weighted by molar-refractivity contribution is 6.24. The Balaban J connectivity index is 1.25. The van der Waals surface area contributed by atoms with Crippen LogP contribution >= 0.6 is 0 Å². The summed E-state index contributed by atoms with van der Waals surface area (Å²) in [5, 5.41) is 2.20. The number of carbonyl (C=O) groups is 1. The van der Waals surface area contributed by atoms with Crippen molar-refractivity contribution in [1.82, 2.24) is 0 Å². The number of ether oxygens (including phenoxy) is 1. The fraction of sp³-hybridized carbons (Fsp3) is 0.292. The lowest BCUT2D eigenvalue weighted by Crippen LogP contribution is -3.28. The molecule has 0 unspecified atom stereocenters. The molecule has 1 fully saturated rings. The van der Waals surface area contributed by atoms with Gasteiger partial charge in [0.2, 0.25) is 0 Å². The Morgan fingerprint density at radius 2 is 1.73 bits per heavy atom. The van der Waals surface area contributed by atoms with E-state index in [2.05, 4.69) is 12.1 Å². The summed E-state index contributed by atoms with van der Waals surface area (Å²) in [4.78, 5) is 17.8. The molecule has 0 radical (unpaired) electrons. The Hall–Kier alpha value is -2.96. The highest BCUT2D eigenvalue weighted by atomic mass is 19.1. The van der Waals surface area contributed by atoms with Gasteiger partial charge in [-0.3, -0.25) is 9.69 Å². The fourth-order valence-corrected chi connectivity index (χ4v) is 4.81. The number of hydrogen-bond acceptors (Lipinski definition) is 2. The van der Waals surface area contributed by atoms with Crippen molar-refractivity contribution in [3.63, 3.8) is 0 Å². The van der Waals surface area contributed by atoms with E-state index < -0.39 is 0 Å². The molecule has 0 atom stereocenters. The molecule has 5 rings (SSSR count). The van der Waals surface area contributed by atoms with Crippen LogP contribution in [0.3, 0.4) is 0 Å². The van der Waals surface area contributed by atoms with Gasteiger partial charge in [-0.1, -0.05) is 24.3 Å². The molecule has 0 saturated carbocycles. The van der Waals surface area contributed by atoms with Crippen LogP contribution in [0.2, 0.25) is 0 Å². The van der Waals surface area contributed by atoms with Gasteiger partial charge in [0.05, 0.1) is 23.9 Å². The zero-order valence-corrected chi connectivity index (χ0v) is 17.1. The highest BCUT2D eigenvalue weighted by Crippen LogP contribution is 2.36. The van der Waals surface area contributed by atoms with Crippen LogP contribution in [0.1, 0.15) is 15.9 Å². The van der Waals surface area contributed by atoms with E-state index in [0.29, 0.717) is 6.67 Å². The van der Waals surface area contributed by atoms with Gasteiger partial charge < -0.3 is 14.5 Å². The molecule has 0 bridgehead atoms. The zero-order chi connectivity index (χ0) is 20.7. The maximum Gasteiger partial charge on any atom is 0.263 e. The van der Waals surface area contributed by atoms with Crippen LogP contribution in [0, 0.1) is 5.82 Å². The second-order valence-corrected chi connectivity index (χ2v) is 8.21. The molecule has 154 valence electrons. The minimum atomic E-state index is -0.226. The summed E-state index contributed by atoms with van der Waals surface area (Å²) >= 11 is 0. The van der Waals surface area contributed by atoms with E-state index in [1.165, 1.54) is 15.9 Å². The SMILES string of the molecule is COc1ccc(F)cc1C[NH+]1CC[NH+](CN2C(=O)c3cccc4cccc2c34)CC1. The van der Waals surface area contributed by atoms with Gasteiger partial charge in [0.1, 0.15) is 44.3 Å². The first-order chi connectivity index (χ1) is 14.6. The number of piperazine rings is 1. The minimum Gasteiger partial charge on any atom is -0.496 e. The second-order valence-electron chi connectivity index (χ2n) is 8.21. The number of nitrogens with one attached hydrogen (secondary N) is 2. The van der Waals surface area contributed by atoms with Crippen LogP contribution in [-0.2, 0) is 6.54 Å². The van der Waals surface area contributed by atoms with Crippen molar-refractivity contribution >= 4 is 22.4 Å². The number of carbonyl (C=O) groups excluding carboxylic acids is 1. The van der Waals surface area contributed by atoms with Crippen LogP contribution < -0.4 is 19.4 Å². The van der Waals surface area contributed by atoms with Gasteiger partial charge in [-0.15, -0.1) is 0 Å². The summed E-state index contributed by atoms with van der Waals surface area (Å²) in [5.74, 6) is 0.622. The molecule has 0 aliphatic carbocycles. The topological polar surface area (TPSA) is 38.4 Å². The highest BCUT2D eigenvalue weighted by Gasteiger charge is 2.34. The first-order valence-corrected chi connectivity index (χ1v) is 10.5. The molecular weight excluding hydrogens is 381 g/mol. The lowest BCUT2D eigenvalue weighted by molar-refractivity contribution is -1.02. The second kappa shape index (κ2) is 7.70. The van der Waals surface area contributed by atoms with E-state index in [-0.39, 0.29) is 11.7 Å². The van der Waals surface area contributed by atoms with Crippen molar-refractivity contribution < 1.29 is 23.7 Å². The zero-order valence-electron chi connectivity index (χ0n) is 17.1. The molecule has 3 aromatic rings. The van der Waals surface area contributed by atoms with E-state index in [0.717, 1.165) is 66.1 Å². The van der Waals surface area contributed by atoms with Crippen LogP contribution in [0.4, 0.5) is 10.1 Å². The summed E-state index contributed by atoms with van der Waals surface area (Å²) in [6, 6.07) is 16.8. The first-order valence-electron chi connectivity index (χ1n) is 10.5. The van der Waals surface area contributed by atoms with Crippen molar-refractivity contribution in [3.05, 3.63) is 71.5 Å². The number of amides is 1. The standard InChI is InChI=1S/C24H24FN3O2/c1-30-22-9-8-19(25)14-18(22)15-26-10-12-27(13-11-26)16-28-21-7-3-5-17-4-2-6-20(23(17)21)24(28)29/h2-9,14H,10-13,15-16H2,1H3/p+2. The van der Waals surface area contributed by atoms with E-state index in [9.17, 15) is 9.18 Å². The molecule has 2 N–H and O–H groups in total. The Morgan fingerprint density at radius 1 is 1.00 bits per heavy atom. The first kappa shape index (κ1) is 19.0. The van der Waals surface area contributed by atoms with Gasteiger partial charge >= 0.3 is 0 Å². The molecule has 5 nitrogen and oxygen atoms in total. The molecule has 2 heterocycles. The lowest BCUT2D eigenvalue weighted by atomic mass is 10.1. The molecule has 0 aromatic heterocycles. The Morgan fingerprint density at radius 3 is 2.50 bits per heavy atom. The van der Waals surface area contributed by atoms with Gasteiger partial charge in [0.25, 0.3) is 5.91 Å². The Kier molecular flexibility index (Phi) is 4.89. The Bertz CT molecular complexity index is 1100. The maximum atomic E-state index is 13.7. The molecule has 2 aliphatic rings. The number of halogens is 1. The third kappa shape index (κ3) is 3.32. The van der Waals surface area contributed by atoms with E-state index >= 15 is 0 Å².